The van der Waals surface area contributed by atoms with E-state index in [1.165, 1.54) is 4.90 Å². The Morgan fingerprint density at radius 1 is 1.30 bits per heavy atom. The van der Waals surface area contributed by atoms with Gasteiger partial charge in [-0.1, -0.05) is 19.4 Å². The normalized spacial score (nSPS) is 22.0. The Labute approximate surface area is 136 Å². The first-order chi connectivity index (χ1) is 10.9. The fourth-order valence-electron chi connectivity index (χ4n) is 2.78. The average Bonchev–Trinajstić information content (AvgIpc) is 2.71. The Morgan fingerprint density at radius 3 is 2.65 bits per heavy atom. The summed E-state index contributed by atoms with van der Waals surface area (Å²) in [5, 5.41) is 2.78. The lowest BCUT2D eigenvalue weighted by atomic mass is 9.96. The van der Waals surface area contributed by atoms with E-state index in [1.54, 1.807) is 20.1 Å². The zero-order chi connectivity index (χ0) is 17.0. The highest BCUT2D eigenvalue weighted by Crippen LogP contribution is 2.24. The summed E-state index contributed by atoms with van der Waals surface area (Å²) in [6.07, 6.45) is 1.13. The van der Waals surface area contributed by atoms with Crippen molar-refractivity contribution < 1.29 is 19.1 Å². The number of urea groups is 1. The zero-order valence-corrected chi connectivity index (χ0v) is 14.1. The molecule has 0 aliphatic carbocycles. The standard InChI is InChI=1S/C17H24N2O4/c1-5-9-17(3)15(20)19(16(21)18-17)11-12(2)23-14-8-6-7-13(10-14)22-4/h6-8,10,12H,5,9,11H2,1-4H3,(H,18,21)/t12-,17-/m0/s1. The van der Waals surface area contributed by atoms with Crippen molar-refractivity contribution in [1.29, 1.82) is 0 Å². The lowest BCUT2D eigenvalue weighted by molar-refractivity contribution is -0.131. The molecular weight excluding hydrogens is 296 g/mol. The second-order valence-corrected chi connectivity index (χ2v) is 6.04. The minimum atomic E-state index is -0.804. The molecule has 1 aliphatic heterocycles. The number of amides is 3. The van der Waals surface area contributed by atoms with Crippen molar-refractivity contribution in [3.63, 3.8) is 0 Å². The van der Waals surface area contributed by atoms with E-state index in [0.29, 0.717) is 17.9 Å². The zero-order valence-electron chi connectivity index (χ0n) is 14.1. The van der Waals surface area contributed by atoms with Gasteiger partial charge in [0.2, 0.25) is 0 Å². The van der Waals surface area contributed by atoms with E-state index in [9.17, 15) is 9.59 Å². The van der Waals surface area contributed by atoms with Gasteiger partial charge in [-0.05, 0) is 32.4 Å². The minimum absolute atomic E-state index is 0.189. The summed E-state index contributed by atoms with van der Waals surface area (Å²) in [5.74, 6) is 1.14. The molecule has 3 amide bonds. The number of carbonyl (C=O) groups excluding carboxylic acids is 2. The van der Waals surface area contributed by atoms with Gasteiger partial charge in [-0.3, -0.25) is 9.69 Å². The molecule has 1 saturated heterocycles. The van der Waals surface area contributed by atoms with Crippen molar-refractivity contribution in [2.75, 3.05) is 13.7 Å². The predicted molar refractivity (Wildman–Crippen MR) is 86.6 cm³/mol. The highest BCUT2D eigenvalue weighted by Gasteiger charge is 2.47. The fourth-order valence-corrected chi connectivity index (χ4v) is 2.78. The van der Waals surface area contributed by atoms with Crippen LogP contribution in [-0.2, 0) is 4.79 Å². The molecular formula is C17H24N2O4. The molecule has 6 heteroatoms. The van der Waals surface area contributed by atoms with Gasteiger partial charge >= 0.3 is 6.03 Å². The van der Waals surface area contributed by atoms with Crippen LogP contribution in [0.4, 0.5) is 4.79 Å². The fraction of sp³-hybridized carbons (Fsp3) is 0.529. The summed E-state index contributed by atoms with van der Waals surface area (Å²) < 4.78 is 10.9. The number of hydrogen-bond acceptors (Lipinski definition) is 4. The van der Waals surface area contributed by atoms with E-state index in [-0.39, 0.29) is 24.6 Å². The molecule has 1 aromatic rings. The Kier molecular flexibility index (Phi) is 5.13. The lowest BCUT2D eigenvalue weighted by Crippen LogP contribution is -2.44. The molecule has 2 rings (SSSR count). The van der Waals surface area contributed by atoms with E-state index < -0.39 is 5.54 Å². The average molecular weight is 320 g/mol. The van der Waals surface area contributed by atoms with Crippen LogP contribution in [0.5, 0.6) is 11.5 Å². The number of nitrogens with one attached hydrogen (secondary N) is 1. The summed E-state index contributed by atoms with van der Waals surface area (Å²) in [7, 11) is 1.59. The van der Waals surface area contributed by atoms with Gasteiger partial charge < -0.3 is 14.8 Å². The minimum Gasteiger partial charge on any atom is -0.497 e. The van der Waals surface area contributed by atoms with Gasteiger partial charge in [0.1, 0.15) is 23.1 Å². The quantitative estimate of drug-likeness (QED) is 0.784. The summed E-state index contributed by atoms with van der Waals surface area (Å²) in [6.45, 7) is 5.79. The number of carbonyl (C=O) groups is 2. The van der Waals surface area contributed by atoms with Crippen LogP contribution in [-0.4, -0.2) is 42.1 Å². The van der Waals surface area contributed by atoms with Crippen LogP contribution in [0.3, 0.4) is 0 Å². The molecule has 0 radical (unpaired) electrons. The second kappa shape index (κ2) is 6.89. The van der Waals surface area contributed by atoms with E-state index in [1.807, 2.05) is 32.0 Å². The number of nitrogens with zero attached hydrogens (tertiary/aromatic N) is 1. The maximum Gasteiger partial charge on any atom is 0.325 e. The molecule has 0 saturated carbocycles. The van der Waals surface area contributed by atoms with Crippen molar-refractivity contribution in [2.24, 2.45) is 0 Å². The van der Waals surface area contributed by atoms with Crippen molar-refractivity contribution >= 4 is 11.9 Å². The molecule has 2 atom stereocenters. The maximum absolute atomic E-state index is 12.5. The Bertz CT molecular complexity index is 590. The molecule has 1 aliphatic rings. The molecule has 1 heterocycles. The highest BCUT2D eigenvalue weighted by molar-refractivity contribution is 6.06. The Balaban J connectivity index is 2.01. The van der Waals surface area contributed by atoms with Gasteiger partial charge in [0.25, 0.3) is 5.91 Å². The summed E-state index contributed by atoms with van der Waals surface area (Å²) in [4.78, 5) is 25.8. The Hall–Kier alpha value is -2.24. The third kappa shape index (κ3) is 3.75. The van der Waals surface area contributed by atoms with Gasteiger partial charge in [0.05, 0.1) is 13.7 Å². The van der Waals surface area contributed by atoms with Crippen LogP contribution in [0.15, 0.2) is 24.3 Å². The molecule has 0 bridgehead atoms. The molecule has 23 heavy (non-hydrogen) atoms. The predicted octanol–water partition coefficient (Wildman–Crippen LogP) is 2.57. The van der Waals surface area contributed by atoms with E-state index in [0.717, 1.165) is 6.42 Å². The topological polar surface area (TPSA) is 67.9 Å². The molecule has 0 aromatic heterocycles. The molecule has 0 spiro atoms. The first-order valence-electron chi connectivity index (χ1n) is 7.84. The van der Waals surface area contributed by atoms with Crippen LogP contribution < -0.4 is 14.8 Å². The van der Waals surface area contributed by atoms with E-state index >= 15 is 0 Å². The summed E-state index contributed by atoms with van der Waals surface area (Å²) in [6, 6.07) is 6.88. The van der Waals surface area contributed by atoms with Crippen molar-refractivity contribution in [3.8, 4) is 11.5 Å². The van der Waals surface area contributed by atoms with Crippen LogP contribution in [0.2, 0.25) is 0 Å². The van der Waals surface area contributed by atoms with E-state index in [4.69, 9.17) is 9.47 Å². The highest BCUT2D eigenvalue weighted by atomic mass is 16.5. The van der Waals surface area contributed by atoms with Crippen molar-refractivity contribution in [1.82, 2.24) is 10.2 Å². The molecule has 1 aromatic carbocycles. The van der Waals surface area contributed by atoms with E-state index in [2.05, 4.69) is 5.32 Å². The first-order valence-corrected chi connectivity index (χ1v) is 7.84. The summed E-state index contributed by atoms with van der Waals surface area (Å²) in [5.41, 5.74) is -0.804. The second-order valence-electron chi connectivity index (χ2n) is 6.04. The van der Waals surface area contributed by atoms with Crippen LogP contribution in [0.25, 0.3) is 0 Å². The molecule has 0 unspecified atom stereocenters. The molecule has 6 nitrogen and oxygen atoms in total. The number of rotatable bonds is 7. The first kappa shape index (κ1) is 17.1. The number of ether oxygens (including phenoxy) is 2. The van der Waals surface area contributed by atoms with Gasteiger partial charge in [-0.15, -0.1) is 0 Å². The lowest BCUT2D eigenvalue weighted by Gasteiger charge is -2.23. The smallest absolute Gasteiger partial charge is 0.325 e. The van der Waals surface area contributed by atoms with Gasteiger partial charge in [-0.25, -0.2) is 4.79 Å². The van der Waals surface area contributed by atoms with Gasteiger partial charge in [0.15, 0.2) is 0 Å². The SMILES string of the molecule is CCC[C@]1(C)NC(=O)N(C[C@H](C)Oc2cccc(OC)c2)C1=O. The molecule has 1 fully saturated rings. The third-order valence-corrected chi connectivity index (χ3v) is 3.91. The van der Waals surface area contributed by atoms with Crippen LogP contribution >= 0.6 is 0 Å². The van der Waals surface area contributed by atoms with Crippen LogP contribution in [0, 0.1) is 0 Å². The molecule has 126 valence electrons. The number of imide groups is 1. The van der Waals surface area contributed by atoms with Crippen LogP contribution in [0.1, 0.15) is 33.6 Å². The number of methoxy groups -OCH3 is 1. The Morgan fingerprint density at radius 2 is 2.00 bits per heavy atom. The number of benzene rings is 1. The van der Waals surface area contributed by atoms with Crippen molar-refractivity contribution in [2.45, 2.75) is 45.3 Å². The summed E-state index contributed by atoms with van der Waals surface area (Å²) >= 11 is 0. The van der Waals surface area contributed by atoms with Gasteiger partial charge in [-0.2, -0.15) is 0 Å². The monoisotopic (exact) mass is 320 g/mol. The largest absolute Gasteiger partial charge is 0.497 e. The van der Waals surface area contributed by atoms with Crippen molar-refractivity contribution in [3.05, 3.63) is 24.3 Å². The number of hydrogen-bond donors (Lipinski definition) is 1. The molecule has 1 N–H and O–H groups in total. The third-order valence-electron chi connectivity index (χ3n) is 3.91. The van der Waals surface area contributed by atoms with Gasteiger partial charge in [0, 0.05) is 6.07 Å². The maximum atomic E-state index is 12.5.